The first-order valence-corrected chi connectivity index (χ1v) is 13.7. The number of H-pyrrole nitrogens is 1. The van der Waals surface area contributed by atoms with Crippen LogP contribution in [0.1, 0.15) is 24.8 Å². The van der Waals surface area contributed by atoms with Gasteiger partial charge < -0.3 is 14.7 Å². The van der Waals surface area contributed by atoms with Crippen LogP contribution in [-0.2, 0) is 15.8 Å². The van der Waals surface area contributed by atoms with Gasteiger partial charge in [-0.1, -0.05) is 24.8 Å². The molecular weight excluding hydrogens is 507 g/mol. The molecule has 2 aromatic carbocycles. The van der Waals surface area contributed by atoms with Crippen LogP contribution in [0.4, 0.5) is 17.3 Å². The van der Waals surface area contributed by atoms with Gasteiger partial charge in [-0.15, -0.1) is 0 Å². The second-order valence-electron chi connectivity index (χ2n) is 9.01. The van der Waals surface area contributed by atoms with Gasteiger partial charge in [-0.05, 0) is 49.1 Å². The van der Waals surface area contributed by atoms with Crippen LogP contribution in [0.25, 0.3) is 22.3 Å². The Balaban J connectivity index is 1.50. The number of carbonyl (C=O) groups excluding carboxylic acids is 1. The Bertz CT molecular complexity index is 1540. The molecule has 5 rings (SSSR count). The summed E-state index contributed by atoms with van der Waals surface area (Å²) in [5.41, 5.74) is 3.82. The van der Waals surface area contributed by atoms with Gasteiger partial charge in [0.2, 0.25) is 5.95 Å². The van der Waals surface area contributed by atoms with Crippen molar-refractivity contribution in [3.63, 3.8) is 0 Å². The van der Waals surface area contributed by atoms with Crippen molar-refractivity contribution in [3.8, 4) is 17.0 Å². The second-order valence-corrected chi connectivity index (χ2v) is 10.2. The lowest BCUT2D eigenvalue weighted by atomic mass is 10.0. The molecule has 4 aromatic rings. The number of ketones is 1. The molecule has 11 nitrogen and oxygen atoms in total. The summed E-state index contributed by atoms with van der Waals surface area (Å²) in [6.07, 6.45) is 6.28. The Kier molecular flexibility index (Phi) is 7.24. The Morgan fingerprint density at radius 3 is 2.74 bits per heavy atom. The van der Waals surface area contributed by atoms with E-state index in [-0.39, 0.29) is 23.9 Å². The lowest BCUT2D eigenvalue weighted by Crippen LogP contribution is -2.29. The number of nitrogens with zero attached hydrogens (tertiary/aromatic N) is 4. The van der Waals surface area contributed by atoms with Crippen LogP contribution in [-0.4, -0.2) is 48.8 Å². The molecule has 0 aliphatic carbocycles. The van der Waals surface area contributed by atoms with Crippen LogP contribution in [0, 0.1) is 0 Å². The fourth-order valence-corrected chi connectivity index (χ4v) is 4.93. The molecule has 4 N–H and O–H groups in total. The molecule has 1 fully saturated rings. The lowest BCUT2D eigenvalue weighted by molar-refractivity contribution is -0.114. The first kappa shape index (κ1) is 25.6. The number of aromatic amines is 1. The molecule has 0 amide bonds. The highest BCUT2D eigenvalue weighted by Gasteiger charge is 2.23. The van der Waals surface area contributed by atoms with Gasteiger partial charge in [0.15, 0.2) is 17.2 Å². The zero-order valence-corrected chi connectivity index (χ0v) is 21.4. The third kappa shape index (κ3) is 5.91. The molecule has 196 valence electrons. The zero-order chi connectivity index (χ0) is 26.7. The van der Waals surface area contributed by atoms with Crippen LogP contribution >= 0.6 is 7.82 Å². The fraction of sp³-hybridized carbons (Fsp3) is 0.231. The van der Waals surface area contributed by atoms with E-state index in [1.807, 2.05) is 24.3 Å². The number of hydrogen-bond acceptors (Lipinski definition) is 8. The number of benzene rings is 2. The summed E-state index contributed by atoms with van der Waals surface area (Å²) < 4.78 is 16.8. The highest BCUT2D eigenvalue weighted by atomic mass is 31.2. The molecule has 1 aliphatic heterocycles. The van der Waals surface area contributed by atoms with Gasteiger partial charge in [0.1, 0.15) is 0 Å². The number of hydrogen-bond donors (Lipinski definition) is 4. The Hall–Kier alpha value is -4.05. The third-order valence-electron chi connectivity index (χ3n) is 6.25. The number of fused-ring (bicyclic) bond motifs is 1. The molecule has 0 radical (unpaired) electrons. The van der Waals surface area contributed by atoms with E-state index < -0.39 is 7.82 Å². The molecule has 1 saturated heterocycles. The van der Waals surface area contributed by atoms with E-state index in [0.29, 0.717) is 28.1 Å². The number of rotatable bonds is 9. The number of phosphoric ester groups is 1. The van der Waals surface area contributed by atoms with Crippen LogP contribution in [0.15, 0.2) is 61.3 Å². The summed E-state index contributed by atoms with van der Waals surface area (Å²) in [5.74, 6) is 0.242. The number of allylic oxidation sites excluding steroid dienone is 1. The van der Waals surface area contributed by atoms with Gasteiger partial charge in [-0.3, -0.25) is 19.7 Å². The van der Waals surface area contributed by atoms with Gasteiger partial charge in [-0.25, -0.2) is 9.55 Å². The van der Waals surface area contributed by atoms with E-state index in [9.17, 15) is 19.1 Å². The van der Waals surface area contributed by atoms with Crippen molar-refractivity contribution < 1.29 is 23.7 Å². The van der Waals surface area contributed by atoms with Gasteiger partial charge in [0.05, 0.1) is 23.0 Å². The molecule has 3 heterocycles. The van der Waals surface area contributed by atoms with E-state index >= 15 is 0 Å². The number of phosphoric acid groups is 1. The average Bonchev–Trinajstić information content (AvgIpc) is 3.37. The van der Waals surface area contributed by atoms with Crippen molar-refractivity contribution in [2.45, 2.75) is 25.7 Å². The molecular formula is C26H27N6O5P. The number of nitrogens with one attached hydrogen (secondary N) is 2. The quantitative estimate of drug-likeness (QED) is 0.178. The topological polar surface area (TPSA) is 154 Å². The molecule has 2 aromatic heterocycles. The molecule has 0 bridgehead atoms. The standard InChI is InChI=1S/C26H27N6O5P/c1-2-20(33)14-17-7-6-8-18(13-17)24-21-16-27-31-25(21)30-26(29-24)28-19-9-10-22(32-11-4-3-5-12-32)23(15-19)37-38(34,35)36/h2,6-10,13,15-16H,1,3-5,11-12,14H2,(H2,34,35,36)(H2,27,28,29,30,31). The van der Waals surface area contributed by atoms with E-state index in [0.717, 1.165) is 43.5 Å². The number of carbonyl (C=O) groups is 1. The minimum absolute atomic E-state index is 0.0765. The van der Waals surface area contributed by atoms with E-state index in [4.69, 9.17) is 9.51 Å². The summed E-state index contributed by atoms with van der Waals surface area (Å²) >= 11 is 0. The normalized spacial score (nSPS) is 13.9. The van der Waals surface area contributed by atoms with Crippen molar-refractivity contribution in [1.82, 2.24) is 20.2 Å². The molecule has 0 unspecified atom stereocenters. The molecule has 0 atom stereocenters. The van der Waals surface area contributed by atoms with Gasteiger partial charge >= 0.3 is 7.82 Å². The second kappa shape index (κ2) is 10.7. The zero-order valence-electron chi connectivity index (χ0n) is 20.5. The van der Waals surface area contributed by atoms with Crippen molar-refractivity contribution >= 4 is 42.0 Å². The predicted molar refractivity (Wildman–Crippen MR) is 144 cm³/mol. The van der Waals surface area contributed by atoms with Gasteiger partial charge in [-0.2, -0.15) is 10.1 Å². The fourth-order valence-electron chi connectivity index (χ4n) is 4.53. The largest absolute Gasteiger partial charge is 0.524 e. The average molecular weight is 535 g/mol. The summed E-state index contributed by atoms with van der Waals surface area (Å²) in [6, 6.07) is 12.6. The molecule has 12 heteroatoms. The van der Waals surface area contributed by atoms with Crippen molar-refractivity contribution in [1.29, 1.82) is 0 Å². The van der Waals surface area contributed by atoms with Gasteiger partial charge in [0, 0.05) is 36.8 Å². The minimum atomic E-state index is -4.79. The first-order valence-electron chi connectivity index (χ1n) is 12.2. The molecule has 1 aliphatic rings. The highest BCUT2D eigenvalue weighted by molar-refractivity contribution is 7.46. The maximum absolute atomic E-state index is 11.9. The van der Waals surface area contributed by atoms with E-state index in [1.165, 1.54) is 12.1 Å². The SMILES string of the molecule is C=CC(=O)Cc1cccc(-c2nc(Nc3ccc(N4CCCCC4)c(OP(=O)(O)O)c3)nc3[nH]ncc23)c1. The van der Waals surface area contributed by atoms with E-state index in [1.54, 1.807) is 18.3 Å². The maximum Gasteiger partial charge on any atom is 0.524 e. The monoisotopic (exact) mass is 534 g/mol. The smallest absolute Gasteiger partial charge is 0.402 e. The summed E-state index contributed by atoms with van der Waals surface area (Å²) in [4.78, 5) is 42.2. The predicted octanol–water partition coefficient (Wildman–Crippen LogP) is 4.52. The number of aromatic nitrogens is 4. The molecule has 38 heavy (non-hydrogen) atoms. The van der Waals surface area contributed by atoms with Gasteiger partial charge in [0.25, 0.3) is 0 Å². The Labute approximate surface area is 218 Å². The highest BCUT2D eigenvalue weighted by Crippen LogP contribution is 2.44. The first-order chi connectivity index (χ1) is 18.3. The summed E-state index contributed by atoms with van der Waals surface area (Å²) in [7, 11) is -4.79. The summed E-state index contributed by atoms with van der Waals surface area (Å²) in [5, 5.41) is 10.8. The van der Waals surface area contributed by atoms with Crippen molar-refractivity contribution in [2.24, 2.45) is 0 Å². The Morgan fingerprint density at radius 1 is 1.16 bits per heavy atom. The van der Waals surface area contributed by atoms with Crippen LogP contribution in [0.3, 0.4) is 0 Å². The Morgan fingerprint density at radius 2 is 1.97 bits per heavy atom. The van der Waals surface area contributed by atoms with Crippen LogP contribution in [0.5, 0.6) is 5.75 Å². The minimum Gasteiger partial charge on any atom is -0.402 e. The van der Waals surface area contributed by atoms with Crippen molar-refractivity contribution in [2.75, 3.05) is 23.3 Å². The van der Waals surface area contributed by atoms with Crippen molar-refractivity contribution in [3.05, 3.63) is 66.9 Å². The maximum atomic E-state index is 11.9. The third-order valence-corrected chi connectivity index (χ3v) is 6.68. The van der Waals surface area contributed by atoms with Crippen LogP contribution < -0.4 is 14.7 Å². The molecule has 0 spiro atoms. The van der Waals surface area contributed by atoms with E-state index in [2.05, 4.69) is 32.0 Å². The summed E-state index contributed by atoms with van der Waals surface area (Å²) in [6.45, 7) is 5.10. The number of piperidine rings is 1. The number of anilines is 3. The lowest BCUT2D eigenvalue weighted by Gasteiger charge is -2.30. The van der Waals surface area contributed by atoms with Crippen LogP contribution in [0.2, 0.25) is 0 Å². The molecule has 0 saturated carbocycles.